The van der Waals surface area contributed by atoms with E-state index >= 15 is 0 Å². The Morgan fingerprint density at radius 3 is 2.43 bits per heavy atom. The molecule has 6 heteroatoms. The summed E-state index contributed by atoms with van der Waals surface area (Å²) in [6.45, 7) is 0.340. The molecule has 1 amide bonds. The first-order valence-corrected chi connectivity index (χ1v) is 12.2. The summed E-state index contributed by atoms with van der Waals surface area (Å²) in [5.74, 6) is 0.638. The Morgan fingerprint density at radius 2 is 1.68 bits per heavy atom. The number of fused-ring (bicyclic) bond motifs is 2. The number of nitrogens with zero attached hydrogens (tertiary/aromatic N) is 3. The standard InChI is InChI=1S/C31H24N4O2/c32-19-22-10-7-13-24(16-22)25-14-15-27-26(17-25)31(18-28(37-27)23-11-5-2-6-12-23)29(36)35(30(33)34-31)20-21-8-3-1-4-9-21/h1-17,28H,18,20H2,(H2,33,34)/t28-,31+/m0/s1. The van der Waals surface area contributed by atoms with E-state index in [1.54, 1.807) is 11.0 Å². The molecule has 2 aliphatic rings. The van der Waals surface area contributed by atoms with Gasteiger partial charge in [-0.1, -0.05) is 78.9 Å². The van der Waals surface area contributed by atoms with Crippen LogP contribution in [0.2, 0.25) is 0 Å². The van der Waals surface area contributed by atoms with Gasteiger partial charge in [0, 0.05) is 12.0 Å². The number of benzene rings is 4. The normalized spacial score (nSPS) is 20.2. The van der Waals surface area contributed by atoms with Gasteiger partial charge in [0.05, 0.1) is 18.2 Å². The molecule has 0 saturated carbocycles. The lowest BCUT2D eigenvalue weighted by atomic mass is 9.79. The minimum Gasteiger partial charge on any atom is -0.485 e. The molecule has 0 saturated heterocycles. The zero-order valence-electron chi connectivity index (χ0n) is 20.0. The first-order valence-electron chi connectivity index (χ1n) is 12.2. The molecule has 6 rings (SSSR count). The van der Waals surface area contributed by atoms with Gasteiger partial charge < -0.3 is 10.5 Å². The fourth-order valence-corrected chi connectivity index (χ4v) is 5.19. The second kappa shape index (κ2) is 8.96. The number of nitriles is 1. The van der Waals surface area contributed by atoms with Gasteiger partial charge in [0.1, 0.15) is 11.9 Å². The molecule has 0 bridgehead atoms. The second-order valence-electron chi connectivity index (χ2n) is 9.33. The van der Waals surface area contributed by atoms with E-state index in [-0.39, 0.29) is 18.0 Å². The van der Waals surface area contributed by atoms with Crippen molar-refractivity contribution >= 4 is 11.9 Å². The highest BCUT2D eigenvalue weighted by atomic mass is 16.5. The van der Waals surface area contributed by atoms with Crippen LogP contribution >= 0.6 is 0 Å². The van der Waals surface area contributed by atoms with Crippen molar-refractivity contribution in [2.75, 3.05) is 0 Å². The van der Waals surface area contributed by atoms with Crippen molar-refractivity contribution in [3.05, 3.63) is 125 Å². The van der Waals surface area contributed by atoms with Gasteiger partial charge in [-0.3, -0.25) is 9.69 Å². The predicted molar refractivity (Wildman–Crippen MR) is 141 cm³/mol. The fraction of sp³-hybridized carbons (Fsp3) is 0.129. The number of hydrogen-bond donors (Lipinski definition) is 1. The lowest BCUT2D eigenvalue weighted by Crippen LogP contribution is -2.45. The molecule has 0 aliphatic carbocycles. The molecule has 2 aliphatic heterocycles. The monoisotopic (exact) mass is 484 g/mol. The molecule has 0 fully saturated rings. The minimum absolute atomic E-state index is 0.165. The third-order valence-corrected chi connectivity index (χ3v) is 7.04. The Hall–Kier alpha value is -4.89. The molecule has 37 heavy (non-hydrogen) atoms. The summed E-state index contributed by atoms with van der Waals surface area (Å²) >= 11 is 0. The molecule has 4 aromatic carbocycles. The van der Waals surface area contributed by atoms with Crippen LogP contribution in [0.1, 0.15) is 34.8 Å². The molecule has 180 valence electrons. The van der Waals surface area contributed by atoms with Crippen LogP contribution in [0.5, 0.6) is 5.75 Å². The van der Waals surface area contributed by atoms with E-state index in [0.717, 1.165) is 22.3 Å². The number of carbonyl (C=O) groups is 1. The Bertz CT molecular complexity index is 1560. The minimum atomic E-state index is -1.21. The third-order valence-electron chi connectivity index (χ3n) is 7.04. The van der Waals surface area contributed by atoms with Crippen molar-refractivity contribution in [2.45, 2.75) is 24.6 Å². The third kappa shape index (κ3) is 3.91. The van der Waals surface area contributed by atoms with Crippen molar-refractivity contribution in [1.82, 2.24) is 4.90 Å². The van der Waals surface area contributed by atoms with Crippen LogP contribution in [0, 0.1) is 11.3 Å². The first-order chi connectivity index (χ1) is 18.1. The zero-order valence-corrected chi connectivity index (χ0v) is 20.0. The van der Waals surface area contributed by atoms with Gasteiger partial charge in [-0.25, -0.2) is 4.99 Å². The molecule has 0 radical (unpaired) electrons. The van der Waals surface area contributed by atoms with Gasteiger partial charge in [-0.15, -0.1) is 0 Å². The zero-order chi connectivity index (χ0) is 25.4. The predicted octanol–water partition coefficient (Wildman–Crippen LogP) is 5.30. The highest BCUT2D eigenvalue weighted by Crippen LogP contribution is 2.51. The van der Waals surface area contributed by atoms with Crippen LogP contribution in [0.4, 0.5) is 0 Å². The summed E-state index contributed by atoms with van der Waals surface area (Å²) < 4.78 is 6.44. The molecule has 6 nitrogen and oxygen atoms in total. The van der Waals surface area contributed by atoms with Crippen LogP contribution in [-0.2, 0) is 16.9 Å². The molecule has 2 atom stereocenters. The number of amides is 1. The number of aliphatic imine (C=N–C) groups is 1. The summed E-state index contributed by atoms with van der Waals surface area (Å²) in [5.41, 5.74) is 10.2. The lowest BCUT2D eigenvalue weighted by Gasteiger charge is -2.37. The van der Waals surface area contributed by atoms with Crippen LogP contribution < -0.4 is 10.5 Å². The van der Waals surface area contributed by atoms with Gasteiger partial charge in [0.15, 0.2) is 11.5 Å². The highest BCUT2D eigenvalue weighted by Gasteiger charge is 2.54. The van der Waals surface area contributed by atoms with Crippen LogP contribution in [0.15, 0.2) is 108 Å². The molecule has 4 aromatic rings. The van der Waals surface area contributed by atoms with Gasteiger partial charge in [-0.2, -0.15) is 5.26 Å². The average Bonchev–Trinajstić information content (AvgIpc) is 3.18. The largest absolute Gasteiger partial charge is 0.485 e. The molecule has 1 spiro atoms. The Balaban J connectivity index is 1.47. The van der Waals surface area contributed by atoms with E-state index in [9.17, 15) is 10.1 Å². The van der Waals surface area contributed by atoms with Gasteiger partial charge in [0.25, 0.3) is 5.91 Å². The molecule has 2 heterocycles. The van der Waals surface area contributed by atoms with E-state index < -0.39 is 5.54 Å². The number of guanidine groups is 1. The van der Waals surface area contributed by atoms with Gasteiger partial charge in [0.2, 0.25) is 0 Å². The van der Waals surface area contributed by atoms with Gasteiger partial charge in [-0.05, 0) is 46.5 Å². The van der Waals surface area contributed by atoms with Crippen molar-refractivity contribution in [3.8, 4) is 22.9 Å². The van der Waals surface area contributed by atoms with E-state index in [0.29, 0.717) is 29.8 Å². The summed E-state index contributed by atoms with van der Waals surface area (Å²) in [7, 11) is 0. The molecular weight excluding hydrogens is 460 g/mol. The van der Waals surface area contributed by atoms with Gasteiger partial charge >= 0.3 is 0 Å². The SMILES string of the molecule is N#Cc1cccc(-c2ccc3c(c2)[C@@]2(C[C@@H](c4ccccc4)O3)N=C(N)N(Cc3ccccc3)C2=O)c1. The summed E-state index contributed by atoms with van der Waals surface area (Å²) in [5, 5.41) is 9.37. The van der Waals surface area contributed by atoms with E-state index in [1.165, 1.54) is 0 Å². The topological polar surface area (TPSA) is 91.7 Å². The lowest BCUT2D eigenvalue weighted by molar-refractivity contribution is -0.133. The summed E-state index contributed by atoms with van der Waals surface area (Å²) in [6.07, 6.45) is -0.0325. The molecular formula is C31H24N4O2. The van der Waals surface area contributed by atoms with E-state index in [1.807, 2.05) is 97.1 Å². The maximum absolute atomic E-state index is 14.2. The summed E-state index contributed by atoms with van der Waals surface area (Å²) in [4.78, 5) is 20.6. The Kier molecular flexibility index (Phi) is 5.46. The Labute approximate surface area is 215 Å². The average molecular weight is 485 g/mol. The van der Waals surface area contributed by atoms with Crippen LogP contribution in [0.3, 0.4) is 0 Å². The van der Waals surface area contributed by atoms with Crippen molar-refractivity contribution < 1.29 is 9.53 Å². The van der Waals surface area contributed by atoms with Crippen LogP contribution in [-0.4, -0.2) is 16.8 Å². The first kappa shape index (κ1) is 22.6. The number of nitrogens with two attached hydrogens (primary N) is 1. The van der Waals surface area contributed by atoms with Crippen molar-refractivity contribution in [2.24, 2.45) is 10.7 Å². The second-order valence-corrected chi connectivity index (χ2v) is 9.33. The molecule has 2 N–H and O–H groups in total. The maximum Gasteiger partial charge on any atom is 0.262 e. The maximum atomic E-state index is 14.2. The summed E-state index contributed by atoms with van der Waals surface area (Å²) in [6, 6.07) is 35.0. The number of carbonyl (C=O) groups excluding carboxylic acids is 1. The fourth-order valence-electron chi connectivity index (χ4n) is 5.19. The smallest absolute Gasteiger partial charge is 0.262 e. The van der Waals surface area contributed by atoms with E-state index in [4.69, 9.17) is 15.5 Å². The van der Waals surface area contributed by atoms with Crippen LogP contribution in [0.25, 0.3) is 11.1 Å². The number of rotatable bonds is 4. The quantitative estimate of drug-likeness (QED) is 0.425. The van der Waals surface area contributed by atoms with E-state index in [2.05, 4.69) is 6.07 Å². The number of ether oxygens (including phenoxy) is 1. The molecule has 0 unspecified atom stereocenters. The van der Waals surface area contributed by atoms with Crippen molar-refractivity contribution in [3.63, 3.8) is 0 Å². The van der Waals surface area contributed by atoms with Crippen molar-refractivity contribution in [1.29, 1.82) is 5.26 Å². The molecule has 0 aromatic heterocycles. The number of hydrogen-bond acceptors (Lipinski definition) is 5. The Morgan fingerprint density at radius 1 is 0.946 bits per heavy atom. The highest BCUT2D eigenvalue weighted by molar-refractivity contribution is 6.07.